The number of para-hydroxylation sites is 1. The number of anilines is 2. The molecule has 3 amide bonds. The Balaban J connectivity index is 1.40. The lowest BCUT2D eigenvalue weighted by Crippen LogP contribution is -2.47. The number of amides is 3. The number of thioether (sulfide) groups is 1. The highest BCUT2D eigenvalue weighted by Gasteiger charge is 2.58. The number of carbonyl (C=O) groups is 3. The van der Waals surface area contributed by atoms with Gasteiger partial charge in [0.15, 0.2) is 0 Å². The predicted molar refractivity (Wildman–Crippen MR) is 114 cm³/mol. The zero-order valence-corrected chi connectivity index (χ0v) is 17.0. The molecule has 2 saturated heterocycles. The van der Waals surface area contributed by atoms with E-state index < -0.39 is 4.87 Å². The maximum atomic E-state index is 13.0. The number of nitrogens with one attached hydrogen (secondary N) is 2. The third-order valence-corrected chi connectivity index (χ3v) is 7.12. The fourth-order valence-electron chi connectivity index (χ4n) is 4.25. The molecule has 2 fully saturated rings. The topological polar surface area (TPSA) is 87.7 Å². The van der Waals surface area contributed by atoms with Crippen LogP contribution >= 0.6 is 11.8 Å². The van der Waals surface area contributed by atoms with Crippen LogP contribution in [0.25, 0.3) is 0 Å². The number of hydrogen-bond acceptors (Lipinski definition) is 5. The van der Waals surface area contributed by atoms with Crippen molar-refractivity contribution in [2.75, 3.05) is 29.1 Å². The summed E-state index contributed by atoms with van der Waals surface area (Å²) in [6, 6.07) is 14.2. The van der Waals surface area contributed by atoms with Crippen molar-refractivity contribution in [1.29, 1.82) is 0 Å². The summed E-state index contributed by atoms with van der Waals surface area (Å²) in [4.78, 5) is 38.6. The summed E-state index contributed by atoms with van der Waals surface area (Å²) in [6.07, 6.45) is 2.06. The second kappa shape index (κ2) is 7.45. The summed E-state index contributed by atoms with van der Waals surface area (Å²) in [5.74, 6) is -0.330. The Kier molecular flexibility index (Phi) is 4.75. The molecule has 0 unspecified atom stereocenters. The molecule has 2 N–H and O–H groups in total. The van der Waals surface area contributed by atoms with Gasteiger partial charge in [-0.25, -0.2) is 0 Å². The van der Waals surface area contributed by atoms with Crippen molar-refractivity contribution >= 4 is 40.9 Å². The molecule has 1 spiro atoms. The minimum absolute atomic E-state index is 0.0771. The molecule has 0 aromatic heterocycles. The van der Waals surface area contributed by atoms with Gasteiger partial charge in [0.05, 0.1) is 11.9 Å². The normalized spacial score (nSPS) is 24.9. The van der Waals surface area contributed by atoms with Crippen molar-refractivity contribution in [1.82, 2.24) is 5.32 Å². The summed E-state index contributed by atoms with van der Waals surface area (Å²) in [5, 5.41) is 5.79. The maximum absolute atomic E-state index is 13.0. The molecule has 0 saturated carbocycles. The molecule has 7 nitrogen and oxygen atoms in total. The Morgan fingerprint density at radius 2 is 2.00 bits per heavy atom. The molecular weight excluding hydrogens is 402 g/mol. The van der Waals surface area contributed by atoms with Crippen molar-refractivity contribution in [2.24, 2.45) is 0 Å². The molecule has 30 heavy (non-hydrogen) atoms. The average Bonchev–Trinajstić information content (AvgIpc) is 3.47. The molecule has 3 heterocycles. The van der Waals surface area contributed by atoms with Gasteiger partial charge in [-0.2, -0.15) is 0 Å². The first kappa shape index (κ1) is 19.1. The van der Waals surface area contributed by atoms with Gasteiger partial charge in [-0.05, 0) is 43.2 Å². The maximum Gasteiger partial charge on any atom is 0.266 e. The second-order valence-electron chi connectivity index (χ2n) is 7.55. The van der Waals surface area contributed by atoms with Gasteiger partial charge in [-0.1, -0.05) is 18.2 Å². The van der Waals surface area contributed by atoms with Gasteiger partial charge in [0, 0.05) is 35.7 Å². The van der Waals surface area contributed by atoms with Gasteiger partial charge >= 0.3 is 0 Å². The van der Waals surface area contributed by atoms with E-state index in [1.54, 1.807) is 29.2 Å². The van der Waals surface area contributed by atoms with E-state index >= 15 is 0 Å². The third-order valence-electron chi connectivity index (χ3n) is 5.72. The molecule has 0 radical (unpaired) electrons. The Labute approximate surface area is 178 Å². The van der Waals surface area contributed by atoms with Crippen LogP contribution in [-0.2, 0) is 19.2 Å². The van der Waals surface area contributed by atoms with E-state index in [1.165, 1.54) is 11.8 Å². The number of rotatable bonds is 4. The first-order valence-corrected chi connectivity index (χ1v) is 11.0. The third kappa shape index (κ3) is 2.98. The molecule has 3 aliphatic rings. The lowest BCUT2D eigenvalue weighted by atomic mass is 10.0. The number of benzene rings is 2. The van der Waals surface area contributed by atoms with Gasteiger partial charge in [-0.3, -0.25) is 19.3 Å². The van der Waals surface area contributed by atoms with E-state index in [2.05, 4.69) is 10.6 Å². The van der Waals surface area contributed by atoms with Crippen LogP contribution in [0.1, 0.15) is 28.8 Å². The molecule has 2 atom stereocenters. The molecule has 5 rings (SSSR count). The van der Waals surface area contributed by atoms with Crippen LogP contribution in [0, 0.1) is 0 Å². The van der Waals surface area contributed by atoms with Gasteiger partial charge in [0.2, 0.25) is 10.8 Å². The molecule has 2 aromatic rings. The summed E-state index contributed by atoms with van der Waals surface area (Å²) >= 11 is 1.32. The summed E-state index contributed by atoms with van der Waals surface area (Å²) in [7, 11) is 0. The lowest BCUT2D eigenvalue weighted by Gasteiger charge is -2.32. The van der Waals surface area contributed by atoms with E-state index in [0.717, 1.165) is 30.7 Å². The Bertz CT molecular complexity index is 1020. The van der Waals surface area contributed by atoms with Crippen LogP contribution in [0.5, 0.6) is 0 Å². The first-order valence-electron chi connectivity index (χ1n) is 9.97. The van der Waals surface area contributed by atoms with Crippen LogP contribution in [-0.4, -0.2) is 42.7 Å². The lowest BCUT2D eigenvalue weighted by molar-refractivity contribution is -0.122. The highest BCUT2D eigenvalue weighted by molar-refractivity contribution is 8.02. The summed E-state index contributed by atoms with van der Waals surface area (Å²) < 4.78 is 5.53. The van der Waals surface area contributed by atoms with Crippen molar-refractivity contribution < 1.29 is 19.1 Å². The molecule has 3 aliphatic heterocycles. The van der Waals surface area contributed by atoms with E-state index in [-0.39, 0.29) is 29.6 Å². The number of fused-ring (bicyclic) bond motifs is 2. The zero-order valence-electron chi connectivity index (χ0n) is 16.2. The van der Waals surface area contributed by atoms with Crippen molar-refractivity contribution in [2.45, 2.75) is 23.8 Å². The second-order valence-corrected chi connectivity index (χ2v) is 8.72. The van der Waals surface area contributed by atoms with Gasteiger partial charge < -0.3 is 15.4 Å². The van der Waals surface area contributed by atoms with Crippen LogP contribution < -0.4 is 15.5 Å². The van der Waals surface area contributed by atoms with Crippen LogP contribution in [0.4, 0.5) is 11.4 Å². The van der Waals surface area contributed by atoms with Crippen molar-refractivity contribution in [3.8, 4) is 0 Å². The smallest absolute Gasteiger partial charge is 0.266 e. The standard InChI is InChI=1S/C22H21N3O4S/c26-19-13-30-22(17-5-1-2-6-18(17)24-21(22)28)25(19)15-9-7-14(8-10-15)20(27)23-12-16-4-3-11-29-16/h1-2,5-10,16H,3-4,11-13H2,(H,23,27)(H,24,28)/t16-,22+/m0/s1. The van der Waals surface area contributed by atoms with Gasteiger partial charge in [-0.15, -0.1) is 11.8 Å². The van der Waals surface area contributed by atoms with E-state index in [0.29, 0.717) is 17.8 Å². The van der Waals surface area contributed by atoms with Crippen molar-refractivity contribution in [3.05, 3.63) is 59.7 Å². The average molecular weight is 423 g/mol. The molecular formula is C22H21N3O4S. The SMILES string of the molecule is O=C(NC[C@@H]1CCCO1)c1ccc(N2C(=O)CS[C@]23C(=O)Nc2ccccc23)cc1. The quantitative estimate of drug-likeness (QED) is 0.789. The van der Waals surface area contributed by atoms with Crippen LogP contribution in [0.3, 0.4) is 0 Å². The fraction of sp³-hybridized carbons (Fsp3) is 0.318. The molecule has 0 bridgehead atoms. The Morgan fingerprint density at radius 3 is 2.77 bits per heavy atom. The van der Waals surface area contributed by atoms with Crippen LogP contribution in [0.2, 0.25) is 0 Å². The summed E-state index contributed by atoms with van der Waals surface area (Å²) in [6.45, 7) is 1.23. The minimum atomic E-state index is -1.11. The largest absolute Gasteiger partial charge is 0.376 e. The Morgan fingerprint density at radius 1 is 1.20 bits per heavy atom. The van der Waals surface area contributed by atoms with Gasteiger partial charge in [0.1, 0.15) is 0 Å². The fourth-order valence-corrected chi connectivity index (χ4v) is 5.57. The minimum Gasteiger partial charge on any atom is -0.376 e. The highest BCUT2D eigenvalue weighted by atomic mass is 32.2. The Hall–Kier alpha value is -2.84. The van der Waals surface area contributed by atoms with Crippen molar-refractivity contribution in [3.63, 3.8) is 0 Å². The monoisotopic (exact) mass is 423 g/mol. The van der Waals surface area contributed by atoms with E-state index in [9.17, 15) is 14.4 Å². The first-order chi connectivity index (χ1) is 14.6. The number of hydrogen-bond donors (Lipinski definition) is 2. The zero-order chi connectivity index (χ0) is 20.7. The highest BCUT2D eigenvalue weighted by Crippen LogP contribution is 2.53. The number of ether oxygens (including phenoxy) is 1. The molecule has 8 heteroatoms. The molecule has 2 aromatic carbocycles. The van der Waals surface area contributed by atoms with Crippen LogP contribution in [0.15, 0.2) is 48.5 Å². The van der Waals surface area contributed by atoms with E-state index in [1.807, 2.05) is 24.3 Å². The molecule has 0 aliphatic carbocycles. The van der Waals surface area contributed by atoms with E-state index in [4.69, 9.17) is 4.74 Å². The van der Waals surface area contributed by atoms with Gasteiger partial charge in [0.25, 0.3) is 11.8 Å². The number of carbonyl (C=O) groups excluding carboxylic acids is 3. The predicted octanol–water partition coefficient (Wildman–Crippen LogP) is 2.48. The molecule has 154 valence electrons. The summed E-state index contributed by atoms with van der Waals surface area (Å²) in [5.41, 5.74) is 2.60. The number of nitrogens with zero attached hydrogens (tertiary/aromatic N) is 1.